The summed E-state index contributed by atoms with van der Waals surface area (Å²) in [4.78, 5) is 8.08. The maximum atomic E-state index is 8.76. The molecular formula is C11H12N4OS. The van der Waals surface area contributed by atoms with Gasteiger partial charge in [-0.3, -0.25) is 0 Å². The lowest BCUT2D eigenvalue weighted by Crippen LogP contribution is -2.14. The van der Waals surface area contributed by atoms with Crippen molar-refractivity contribution >= 4 is 17.6 Å². The van der Waals surface area contributed by atoms with E-state index in [2.05, 4.69) is 15.1 Å². The number of nitrogens with zero attached hydrogens (tertiary/aromatic N) is 2. The number of amidine groups is 1. The number of oxime groups is 1. The molecule has 1 aromatic heterocycles. The van der Waals surface area contributed by atoms with Crippen LogP contribution in [0.4, 0.5) is 0 Å². The molecule has 0 unspecified atom stereocenters. The molecule has 88 valence electrons. The first-order valence-electron chi connectivity index (χ1n) is 4.97. The molecule has 17 heavy (non-hydrogen) atoms. The van der Waals surface area contributed by atoms with Crippen molar-refractivity contribution < 1.29 is 5.21 Å². The van der Waals surface area contributed by atoms with E-state index >= 15 is 0 Å². The first kappa shape index (κ1) is 11.5. The fraction of sp³-hybridized carbons (Fsp3) is 0.0909. The van der Waals surface area contributed by atoms with E-state index < -0.39 is 0 Å². The number of hydrogen-bond donors (Lipinski definition) is 3. The van der Waals surface area contributed by atoms with Crippen molar-refractivity contribution in [3.8, 4) is 0 Å². The summed E-state index contributed by atoms with van der Waals surface area (Å²) in [6.07, 6.45) is 3.44. The molecule has 0 aliphatic rings. The topological polar surface area (TPSA) is 87.3 Å². The summed E-state index contributed by atoms with van der Waals surface area (Å²) in [5.41, 5.74) is 7.40. The predicted octanol–water partition coefficient (Wildman–Crippen LogP) is 1.96. The summed E-state index contributed by atoms with van der Waals surface area (Å²) in [6, 6.07) is 5.65. The van der Waals surface area contributed by atoms with E-state index in [4.69, 9.17) is 10.9 Å². The summed E-state index contributed by atoms with van der Waals surface area (Å²) in [5, 5.41) is 12.6. The molecular weight excluding hydrogens is 236 g/mol. The molecule has 1 aromatic carbocycles. The van der Waals surface area contributed by atoms with E-state index in [9.17, 15) is 0 Å². The standard InChI is InChI=1S/C11H12N4OS/c1-7-3-2-4-8(10(12)15-16)9(7)17-11-13-5-6-14-11/h2-6,16H,1H3,(H2,12,15)(H,13,14). The van der Waals surface area contributed by atoms with Gasteiger partial charge < -0.3 is 15.9 Å². The number of aromatic amines is 1. The number of imidazole rings is 1. The third-order valence-corrected chi connectivity index (χ3v) is 3.43. The number of rotatable bonds is 3. The highest BCUT2D eigenvalue weighted by Gasteiger charge is 2.11. The van der Waals surface area contributed by atoms with E-state index in [1.54, 1.807) is 12.4 Å². The molecule has 0 radical (unpaired) electrons. The maximum Gasteiger partial charge on any atom is 0.171 e. The number of aromatic nitrogens is 2. The molecule has 2 aromatic rings. The smallest absolute Gasteiger partial charge is 0.171 e. The zero-order valence-corrected chi connectivity index (χ0v) is 10.0. The van der Waals surface area contributed by atoms with Gasteiger partial charge in [-0.1, -0.05) is 29.1 Å². The quantitative estimate of drug-likeness (QED) is 0.335. The molecule has 5 nitrogen and oxygen atoms in total. The third-order valence-electron chi connectivity index (χ3n) is 2.27. The monoisotopic (exact) mass is 248 g/mol. The van der Waals surface area contributed by atoms with Crippen LogP contribution in [0.1, 0.15) is 11.1 Å². The van der Waals surface area contributed by atoms with E-state index in [1.165, 1.54) is 11.8 Å². The number of nitrogens with two attached hydrogens (primary N) is 1. The number of aryl methyl sites for hydroxylation is 1. The van der Waals surface area contributed by atoms with Crippen LogP contribution < -0.4 is 5.73 Å². The highest BCUT2D eigenvalue weighted by atomic mass is 32.2. The SMILES string of the molecule is Cc1cccc(/C(N)=N/O)c1Sc1ncc[nH]1. The lowest BCUT2D eigenvalue weighted by atomic mass is 10.1. The molecule has 2 rings (SSSR count). The van der Waals surface area contributed by atoms with Gasteiger partial charge in [0.05, 0.1) is 0 Å². The van der Waals surface area contributed by atoms with Crippen molar-refractivity contribution in [3.05, 3.63) is 41.7 Å². The minimum Gasteiger partial charge on any atom is -0.409 e. The Morgan fingerprint density at radius 2 is 2.35 bits per heavy atom. The molecule has 0 aliphatic carbocycles. The lowest BCUT2D eigenvalue weighted by molar-refractivity contribution is 0.318. The van der Waals surface area contributed by atoms with Crippen LogP contribution in [0.15, 0.2) is 45.8 Å². The molecule has 0 saturated carbocycles. The maximum absolute atomic E-state index is 8.76. The molecule has 0 atom stereocenters. The molecule has 6 heteroatoms. The van der Waals surface area contributed by atoms with Gasteiger partial charge in [-0.2, -0.15) is 0 Å². The fourth-order valence-electron chi connectivity index (χ4n) is 1.45. The summed E-state index contributed by atoms with van der Waals surface area (Å²) in [7, 11) is 0. The van der Waals surface area contributed by atoms with E-state index in [1.807, 2.05) is 25.1 Å². The Morgan fingerprint density at radius 3 is 3.00 bits per heavy atom. The average molecular weight is 248 g/mol. The normalized spacial score (nSPS) is 11.7. The van der Waals surface area contributed by atoms with Gasteiger partial charge in [0.2, 0.25) is 0 Å². The Balaban J connectivity index is 2.44. The Labute approximate surface area is 103 Å². The Morgan fingerprint density at radius 1 is 1.53 bits per heavy atom. The van der Waals surface area contributed by atoms with Crippen LogP contribution >= 0.6 is 11.8 Å². The van der Waals surface area contributed by atoms with Gasteiger partial charge in [-0.15, -0.1) is 0 Å². The van der Waals surface area contributed by atoms with Crippen LogP contribution in [-0.4, -0.2) is 21.0 Å². The van der Waals surface area contributed by atoms with Crippen LogP contribution in [0.25, 0.3) is 0 Å². The van der Waals surface area contributed by atoms with Crippen molar-refractivity contribution in [1.82, 2.24) is 9.97 Å². The molecule has 0 saturated heterocycles. The van der Waals surface area contributed by atoms with Crippen molar-refractivity contribution in [2.24, 2.45) is 10.9 Å². The number of nitrogens with one attached hydrogen (secondary N) is 1. The molecule has 0 spiro atoms. The van der Waals surface area contributed by atoms with Crippen LogP contribution in [0.2, 0.25) is 0 Å². The fourth-order valence-corrected chi connectivity index (χ4v) is 2.39. The Hall–Kier alpha value is -1.95. The van der Waals surface area contributed by atoms with Gasteiger partial charge >= 0.3 is 0 Å². The minimum atomic E-state index is 0.0998. The van der Waals surface area contributed by atoms with Crippen molar-refractivity contribution in [2.75, 3.05) is 0 Å². The molecule has 0 bridgehead atoms. The van der Waals surface area contributed by atoms with Crippen LogP contribution in [0.3, 0.4) is 0 Å². The second kappa shape index (κ2) is 4.92. The predicted molar refractivity (Wildman–Crippen MR) is 66.4 cm³/mol. The molecule has 1 heterocycles. The number of hydrogen-bond acceptors (Lipinski definition) is 4. The molecule has 0 amide bonds. The van der Waals surface area contributed by atoms with E-state index in [0.717, 1.165) is 15.6 Å². The van der Waals surface area contributed by atoms with Gasteiger partial charge in [0.15, 0.2) is 11.0 Å². The first-order chi connectivity index (χ1) is 8.22. The van der Waals surface area contributed by atoms with E-state index in [0.29, 0.717) is 5.56 Å². The Kier molecular flexibility index (Phi) is 3.34. The van der Waals surface area contributed by atoms with Gasteiger partial charge in [-0.05, 0) is 18.6 Å². The highest BCUT2D eigenvalue weighted by Crippen LogP contribution is 2.30. The lowest BCUT2D eigenvalue weighted by Gasteiger charge is -2.09. The van der Waals surface area contributed by atoms with Crippen molar-refractivity contribution in [3.63, 3.8) is 0 Å². The molecule has 0 aliphatic heterocycles. The second-order valence-corrected chi connectivity index (χ2v) is 4.43. The average Bonchev–Trinajstić information content (AvgIpc) is 2.83. The summed E-state index contributed by atoms with van der Waals surface area (Å²) >= 11 is 1.45. The zero-order valence-electron chi connectivity index (χ0n) is 9.21. The van der Waals surface area contributed by atoms with Gasteiger partial charge in [-0.25, -0.2) is 4.98 Å². The minimum absolute atomic E-state index is 0.0998. The summed E-state index contributed by atoms with van der Waals surface area (Å²) in [6.45, 7) is 1.97. The van der Waals surface area contributed by atoms with Gasteiger partial charge in [0.1, 0.15) is 0 Å². The summed E-state index contributed by atoms with van der Waals surface area (Å²) in [5.74, 6) is 0.0998. The van der Waals surface area contributed by atoms with Crippen molar-refractivity contribution in [2.45, 2.75) is 17.0 Å². The highest BCUT2D eigenvalue weighted by molar-refractivity contribution is 7.99. The van der Waals surface area contributed by atoms with Crippen molar-refractivity contribution in [1.29, 1.82) is 0 Å². The second-order valence-electron chi connectivity index (χ2n) is 3.43. The van der Waals surface area contributed by atoms with Crippen LogP contribution in [0.5, 0.6) is 0 Å². The van der Waals surface area contributed by atoms with Crippen LogP contribution in [0, 0.1) is 6.92 Å². The third kappa shape index (κ3) is 2.42. The van der Waals surface area contributed by atoms with Crippen LogP contribution in [-0.2, 0) is 0 Å². The summed E-state index contributed by atoms with van der Waals surface area (Å²) < 4.78 is 0. The Bertz CT molecular complexity index is 536. The largest absolute Gasteiger partial charge is 0.409 e. The zero-order chi connectivity index (χ0) is 12.3. The molecule has 4 N–H and O–H groups in total. The first-order valence-corrected chi connectivity index (χ1v) is 5.78. The molecule has 0 fully saturated rings. The van der Waals surface area contributed by atoms with Gasteiger partial charge in [0.25, 0.3) is 0 Å². The number of benzene rings is 1. The van der Waals surface area contributed by atoms with E-state index in [-0.39, 0.29) is 5.84 Å². The number of H-pyrrole nitrogens is 1. The van der Waals surface area contributed by atoms with Gasteiger partial charge in [0, 0.05) is 22.9 Å².